The number of carbonyl (C=O) groups is 1. The van der Waals surface area contributed by atoms with Crippen LogP contribution < -0.4 is 4.74 Å². The number of rotatable bonds is 2. The van der Waals surface area contributed by atoms with Crippen LogP contribution in [0.3, 0.4) is 0 Å². The second-order valence-corrected chi connectivity index (χ2v) is 6.45. The summed E-state index contributed by atoms with van der Waals surface area (Å²) in [6.07, 6.45) is 0.754. The standard InChI is InChI=1S/C20H21N3O2/c1-14-12-19-21-17-8-3-4-9-18(17)23(19)11-10-22(14)20(24)15-6-5-7-16(13-15)25-2/h3-9,13-14H,10-12H2,1-2H3. The van der Waals surface area contributed by atoms with E-state index in [0.717, 1.165) is 29.8 Å². The monoisotopic (exact) mass is 335 g/mol. The number of nitrogens with zero attached hydrogens (tertiary/aromatic N) is 3. The van der Waals surface area contributed by atoms with Crippen LogP contribution in [0, 0.1) is 0 Å². The maximum atomic E-state index is 13.0. The predicted octanol–water partition coefficient (Wildman–Crippen LogP) is 3.13. The number of para-hydroxylation sites is 2. The molecule has 1 aromatic heterocycles. The molecule has 0 aliphatic carbocycles. The number of fused-ring (bicyclic) bond motifs is 3. The number of hydrogen-bond acceptors (Lipinski definition) is 3. The molecule has 1 atom stereocenters. The van der Waals surface area contributed by atoms with Crippen molar-refractivity contribution in [3.8, 4) is 5.75 Å². The summed E-state index contributed by atoms with van der Waals surface area (Å²) in [5.41, 5.74) is 2.83. The average Bonchev–Trinajstić information content (AvgIpc) is 2.90. The minimum Gasteiger partial charge on any atom is -0.497 e. The van der Waals surface area contributed by atoms with Crippen LogP contribution in [-0.4, -0.2) is 40.1 Å². The second-order valence-electron chi connectivity index (χ2n) is 6.45. The fourth-order valence-corrected chi connectivity index (χ4v) is 3.56. The molecule has 2 aromatic carbocycles. The minimum atomic E-state index is 0.0430. The van der Waals surface area contributed by atoms with E-state index in [1.165, 1.54) is 0 Å². The van der Waals surface area contributed by atoms with Crippen LogP contribution in [0.25, 0.3) is 11.0 Å². The van der Waals surface area contributed by atoms with Gasteiger partial charge in [-0.05, 0) is 37.3 Å². The summed E-state index contributed by atoms with van der Waals surface area (Å²) in [7, 11) is 1.61. The van der Waals surface area contributed by atoms with E-state index in [0.29, 0.717) is 17.9 Å². The average molecular weight is 335 g/mol. The summed E-state index contributed by atoms with van der Waals surface area (Å²) in [6.45, 7) is 3.52. The molecule has 0 N–H and O–H groups in total. The first-order valence-corrected chi connectivity index (χ1v) is 8.56. The lowest BCUT2D eigenvalue weighted by Crippen LogP contribution is -2.40. The fraction of sp³-hybridized carbons (Fsp3) is 0.300. The molecule has 1 aliphatic heterocycles. The molecule has 1 aliphatic rings. The molecule has 25 heavy (non-hydrogen) atoms. The van der Waals surface area contributed by atoms with Crippen LogP contribution in [0.4, 0.5) is 0 Å². The van der Waals surface area contributed by atoms with E-state index in [-0.39, 0.29) is 11.9 Å². The van der Waals surface area contributed by atoms with Crippen LogP contribution in [0.2, 0.25) is 0 Å². The lowest BCUT2D eigenvalue weighted by Gasteiger charge is -2.27. The molecule has 2 heterocycles. The van der Waals surface area contributed by atoms with Crippen LogP contribution >= 0.6 is 0 Å². The van der Waals surface area contributed by atoms with Crippen molar-refractivity contribution in [3.63, 3.8) is 0 Å². The van der Waals surface area contributed by atoms with E-state index >= 15 is 0 Å². The van der Waals surface area contributed by atoms with Gasteiger partial charge in [0.15, 0.2) is 0 Å². The highest BCUT2D eigenvalue weighted by Gasteiger charge is 2.27. The second kappa shape index (κ2) is 6.24. The van der Waals surface area contributed by atoms with Crippen molar-refractivity contribution in [2.24, 2.45) is 0 Å². The Hall–Kier alpha value is -2.82. The Bertz CT molecular complexity index is 932. The molecule has 1 unspecified atom stereocenters. The van der Waals surface area contributed by atoms with Crippen molar-refractivity contribution in [1.82, 2.24) is 14.5 Å². The number of hydrogen-bond donors (Lipinski definition) is 0. The molecule has 0 bridgehead atoms. The van der Waals surface area contributed by atoms with Crippen molar-refractivity contribution in [3.05, 3.63) is 59.9 Å². The summed E-state index contributed by atoms with van der Waals surface area (Å²) >= 11 is 0. The number of amides is 1. The zero-order valence-corrected chi connectivity index (χ0v) is 14.5. The van der Waals surface area contributed by atoms with Gasteiger partial charge >= 0.3 is 0 Å². The number of imidazole rings is 1. The molecule has 0 saturated carbocycles. The summed E-state index contributed by atoms with van der Waals surface area (Å²) in [6, 6.07) is 15.6. The smallest absolute Gasteiger partial charge is 0.254 e. The minimum absolute atomic E-state index is 0.0430. The molecule has 4 rings (SSSR count). The van der Waals surface area contributed by atoms with Gasteiger partial charge in [-0.25, -0.2) is 4.98 Å². The Morgan fingerprint density at radius 1 is 1.16 bits per heavy atom. The van der Waals surface area contributed by atoms with E-state index in [1.54, 1.807) is 13.2 Å². The van der Waals surface area contributed by atoms with Crippen LogP contribution in [0.5, 0.6) is 5.75 Å². The molecule has 0 saturated heterocycles. The third-order valence-corrected chi connectivity index (χ3v) is 4.89. The summed E-state index contributed by atoms with van der Waals surface area (Å²) < 4.78 is 7.49. The highest BCUT2D eigenvalue weighted by molar-refractivity contribution is 5.95. The maximum absolute atomic E-state index is 13.0. The van der Waals surface area contributed by atoms with Crippen molar-refractivity contribution < 1.29 is 9.53 Å². The van der Waals surface area contributed by atoms with Crippen LogP contribution in [0.15, 0.2) is 48.5 Å². The normalized spacial score (nSPS) is 17.2. The Labute approximate surface area is 146 Å². The van der Waals surface area contributed by atoms with Crippen molar-refractivity contribution in [1.29, 1.82) is 0 Å². The van der Waals surface area contributed by atoms with Gasteiger partial charge in [-0.2, -0.15) is 0 Å². The first kappa shape index (κ1) is 15.7. The van der Waals surface area contributed by atoms with E-state index in [1.807, 2.05) is 41.3 Å². The van der Waals surface area contributed by atoms with Gasteiger partial charge in [0, 0.05) is 31.1 Å². The topological polar surface area (TPSA) is 47.4 Å². The van der Waals surface area contributed by atoms with Gasteiger partial charge in [0.25, 0.3) is 5.91 Å². The Kier molecular flexibility index (Phi) is 3.92. The van der Waals surface area contributed by atoms with Gasteiger partial charge in [-0.3, -0.25) is 4.79 Å². The third kappa shape index (κ3) is 2.76. The SMILES string of the molecule is COc1cccc(C(=O)N2CCn3c(nc4ccccc43)CC2C)c1. The lowest BCUT2D eigenvalue weighted by atomic mass is 10.1. The van der Waals surface area contributed by atoms with E-state index in [4.69, 9.17) is 9.72 Å². The molecular weight excluding hydrogens is 314 g/mol. The van der Waals surface area contributed by atoms with Gasteiger partial charge in [0.05, 0.1) is 18.1 Å². The van der Waals surface area contributed by atoms with Gasteiger partial charge in [0.1, 0.15) is 11.6 Å². The fourth-order valence-electron chi connectivity index (χ4n) is 3.56. The van der Waals surface area contributed by atoms with Gasteiger partial charge < -0.3 is 14.2 Å². The Morgan fingerprint density at radius 3 is 2.84 bits per heavy atom. The van der Waals surface area contributed by atoms with Crippen LogP contribution in [-0.2, 0) is 13.0 Å². The first-order valence-electron chi connectivity index (χ1n) is 8.56. The van der Waals surface area contributed by atoms with E-state index in [9.17, 15) is 4.79 Å². The number of methoxy groups -OCH3 is 1. The summed E-state index contributed by atoms with van der Waals surface area (Å²) in [5.74, 6) is 1.79. The van der Waals surface area contributed by atoms with E-state index in [2.05, 4.69) is 17.6 Å². The maximum Gasteiger partial charge on any atom is 0.254 e. The summed E-state index contributed by atoms with van der Waals surface area (Å²) in [5, 5.41) is 0. The highest BCUT2D eigenvalue weighted by Crippen LogP contribution is 2.23. The van der Waals surface area contributed by atoms with Crippen molar-refractivity contribution >= 4 is 16.9 Å². The quantitative estimate of drug-likeness (QED) is 0.723. The zero-order chi connectivity index (χ0) is 17.4. The molecule has 0 fully saturated rings. The van der Waals surface area contributed by atoms with Crippen molar-refractivity contribution in [2.75, 3.05) is 13.7 Å². The molecule has 3 aromatic rings. The number of carbonyl (C=O) groups excluding carboxylic acids is 1. The number of ether oxygens (including phenoxy) is 1. The lowest BCUT2D eigenvalue weighted by molar-refractivity contribution is 0.0696. The van der Waals surface area contributed by atoms with Gasteiger partial charge in [0.2, 0.25) is 0 Å². The molecule has 128 valence electrons. The van der Waals surface area contributed by atoms with Gasteiger partial charge in [-0.15, -0.1) is 0 Å². The zero-order valence-electron chi connectivity index (χ0n) is 14.5. The summed E-state index contributed by atoms with van der Waals surface area (Å²) in [4.78, 5) is 19.7. The molecule has 1 amide bonds. The number of aromatic nitrogens is 2. The molecule has 0 radical (unpaired) electrons. The molecule has 5 heteroatoms. The Morgan fingerprint density at radius 2 is 2.00 bits per heavy atom. The van der Waals surface area contributed by atoms with Crippen LogP contribution in [0.1, 0.15) is 23.1 Å². The number of benzene rings is 2. The van der Waals surface area contributed by atoms with E-state index < -0.39 is 0 Å². The van der Waals surface area contributed by atoms with Crippen molar-refractivity contribution in [2.45, 2.75) is 25.9 Å². The molecule has 5 nitrogen and oxygen atoms in total. The third-order valence-electron chi connectivity index (χ3n) is 4.89. The van der Waals surface area contributed by atoms with Gasteiger partial charge in [-0.1, -0.05) is 18.2 Å². The Balaban J connectivity index is 1.63. The largest absolute Gasteiger partial charge is 0.497 e. The highest BCUT2D eigenvalue weighted by atomic mass is 16.5. The molecular formula is C20H21N3O2. The first-order chi connectivity index (χ1) is 12.2. The molecule has 0 spiro atoms. The predicted molar refractivity (Wildman–Crippen MR) is 96.9 cm³/mol.